The fraction of sp³-hybridized carbons (Fsp3) is 0. The number of hydrazine groups is 1. The maximum absolute atomic E-state index is 11.1. The lowest BCUT2D eigenvalue weighted by molar-refractivity contribution is 0.598. The molecule has 7 heteroatoms. The SMILES string of the molecule is Cl.NS(=O)(=O)c1ccc(NNc2ccccc2)cc1. The van der Waals surface area contributed by atoms with Crippen molar-refractivity contribution in [2.24, 2.45) is 5.14 Å². The molecule has 0 spiro atoms. The van der Waals surface area contributed by atoms with Gasteiger partial charge in [-0.25, -0.2) is 13.6 Å². The predicted octanol–water partition coefficient (Wildman–Crippen LogP) is 2.19. The Bertz CT molecular complexity index is 615. The van der Waals surface area contributed by atoms with E-state index in [1.807, 2.05) is 30.3 Å². The van der Waals surface area contributed by atoms with Crippen LogP contribution in [0.25, 0.3) is 0 Å². The highest BCUT2D eigenvalue weighted by Crippen LogP contribution is 2.13. The number of halogens is 1. The van der Waals surface area contributed by atoms with Crippen LogP contribution in [0.5, 0.6) is 0 Å². The van der Waals surface area contributed by atoms with Crippen LogP contribution in [-0.2, 0) is 10.0 Å². The van der Waals surface area contributed by atoms with E-state index in [4.69, 9.17) is 5.14 Å². The van der Waals surface area contributed by atoms with Gasteiger partial charge < -0.3 is 10.9 Å². The number of rotatable bonds is 4. The minimum atomic E-state index is -3.63. The molecule has 102 valence electrons. The molecule has 0 heterocycles. The number of para-hydroxylation sites is 1. The highest BCUT2D eigenvalue weighted by Gasteiger charge is 2.06. The van der Waals surface area contributed by atoms with Crippen LogP contribution in [0.15, 0.2) is 59.5 Å². The van der Waals surface area contributed by atoms with Crippen molar-refractivity contribution in [1.82, 2.24) is 0 Å². The third-order valence-electron chi connectivity index (χ3n) is 2.31. The molecule has 0 aliphatic heterocycles. The number of sulfonamides is 1. The van der Waals surface area contributed by atoms with Crippen LogP contribution in [0.1, 0.15) is 0 Å². The van der Waals surface area contributed by atoms with Crippen molar-refractivity contribution in [1.29, 1.82) is 0 Å². The van der Waals surface area contributed by atoms with Crippen molar-refractivity contribution in [3.05, 3.63) is 54.6 Å². The topological polar surface area (TPSA) is 84.2 Å². The molecule has 0 radical (unpaired) electrons. The third-order valence-corrected chi connectivity index (χ3v) is 3.24. The van der Waals surface area contributed by atoms with Gasteiger partial charge in [-0.3, -0.25) is 0 Å². The molecule has 0 aromatic heterocycles. The molecule has 2 aromatic carbocycles. The molecule has 19 heavy (non-hydrogen) atoms. The molecule has 5 nitrogen and oxygen atoms in total. The van der Waals surface area contributed by atoms with Crippen LogP contribution in [0.2, 0.25) is 0 Å². The van der Waals surface area contributed by atoms with E-state index in [1.54, 1.807) is 12.1 Å². The molecule has 0 atom stereocenters. The summed E-state index contributed by atoms with van der Waals surface area (Å²) in [7, 11) is -3.63. The lowest BCUT2D eigenvalue weighted by Crippen LogP contribution is -2.12. The number of hydrogen-bond acceptors (Lipinski definition) is 4. The zero-order valence-electron chi connectivity index (χ0n) is 9.91. The number of anilines is 2. The number of hydrogen-bond donors (Lipinski definition) is 3. The van der Waals surface area contributed by atoms with Gasteiger partial charge in [-0.2, -0.15) is 0 Å². The molecule has 0 bridgehead atoms. The molecule has 2 aromatic rings. The van der Waals surface area contributed by atoms with Crippen molar-refractivity contribution in [3.8, 4) is 0 Å². The maximum atomic E-state index is 11.1. The van der Waals surface area contributed by atoms with Gasteiger partial charge in [0.2, 0.25) is 10.0 Å². The molecule has 0 fully saturated rings. The van der Waals surface area contributed by atoms with Gasteiger partial charge in [0, 0.05) is 0 Å². The fourth-order valence-corrected chi connectivity index (χ4v) is 1.91. The first-order valence-electron chi connectivity index (χ1n) is 5.26. The maximum Gasteiger partial charge on any atom is 0.238 e. The lowest BCUT2D eigenvalue weighted by Gasteiger charge is -2.09. The highest BCUT2D eigenvalue weighted by molar-refractivity contribution is 7.89. The summed E-state index contributed by atoms with van der Waals surface area (Å²) >= 11 is 0. The van der Waals surface area contributed by atoms with Crippen molar-refractivity contribution in [3.63, 3.8) is 0 Å². The van der Waals surface area contributed by atoms with Gasteiger partial charge in [-0.1, -0.05) is 18.2 Å². The number of nitrogens with one attached hydrogen (secondary N) is 2. The average molecular weight is 300 g/mol. The Morgan fingerprint density at radius 1 is 0.789 bits per heavy atom. The molecule has 4 N–H and O–H groups in total. The van der Waals surface area contributed by atoms with Crippen molar-refractivity contribution in [2.45, 2.75) is 4.90 Å². The molecule has 0 unspecified atom stereocenters. The second kappa shape index (κ2) is 6.42. The lowest BCUT2D eigenvalue weighted by atomic mass is 10.3. The van der Waals surface area contributed by atoms with E-state index < -0.39 is 10.0 Å². The van der Waals surface area contributed by atoms with Gasteiger partial charge in [-0.05, 0) is 36.4 Å². The Morgan fingerprint density at radius 3 is 1.74 bits per heavy atom. The predicted molar refractivity (Wildman–Crippen MR) is 78.8 cm³/mol. The Balaban J connectivity index is 0.00000180. The minimum Gasteiger partial charge on any atom is -0.301 e. The highest BCUT2D eigenvalue weighted by atomic mass is 35.5. The van der Waals surface area contributed by atoms with E-state index in [0.29, 0.717) is 0 Å². The molecule has 0 saturated heterocycles. The molecule has 2 rings (SSSR count). The smallest absolute Gasteiger partial charge is 0.238 e. The van der Waals surface area contributed by atoms with Crippen LogP contribution < -0.4 is 16.0 Å². The van der Waals surface area contributed by atoms with E-state index in [9.17, 15) is 8.42 Å². The van der Waals surface area contributed by atoms with Gasteiger partial charge in [0.1, 0.15) is 0 Å². The van der Waals surface area contributed by atoms with Crippen molar-refractivity contribution in [2.75, 3.05) is 10.9 Å². The van der Waals surface area contributed by atoms with Gasteiger partial charge in [-0.15, -0.1) is 12.4 Å². The second-order valence-corrected chi connectivity index (χ2v) is 5.25. The summed E-state index contributed by atoms with van der Waals surface area (Å²) in [5.74, 6) is 0. The summed E-state index contributed by atoms with van der Waals surface area (Å²) in [6.07, 6.45) is 0. The molecule has 0 aliphatic carbocycles. The molecule has 0 aliphatic rings. The van der Waals surface area contributed by atoms with Crippen LogP contribution in [0.4, 0.5) is 11.4 Å². The molecule has 0 amide bonds. The average Bonchev–Trinajstić information content (AvgIpc) is 2.37. The Labute approximate surface area is 118 Å². The zero-order chi connectivity index (χ0) is 13.0. The van der Waals surface area contributed by atoms with Crippen LogP contribution in [0, 0.1) is 0 Å². The van der Waals surface area contributed by atoms with Crippen LogP contribution in [-0.4, -0.2) is 8.42 Å². The van der Waals surface area contributed by atoms with E-state index in [0.717, 1.165) is 11.4 Å². The number of primary sulfonamides is 1. The third kappa shape index (κ3) is 4.44. The first-order valence-corrected chi connectivity index (χ1v) is 6.80. The van der Waals surface area contributed by atoms with Gasteiger partial charge in [0.15, 0.2) is 0 Å². The minimum absolute atomic E-state index is 0. The van der Waals surface area contributed by atoms with E-state index in [1.165, 1.54) is 12.1 Å². The normalized spacial score (nSPS) is 10.4. The van der Waals surface area contributed by atoms with Gasteiger partial charge >= 0.3 is 0 Å². The fourth-order valence-electron chi connectivity index (χ4n) is 1.39. The first-order chi connectivity index (χ1) is 8.55. The Morgan fingerprint density at radius 2 is 1.26 bits per heavy atom. The van der Waals surface area contributed by atoms with E-state index in [2.05, 4.69) is 10.9 Å². The summed E-state index contributed by atoms with van der Waals surface area (Å²) in [6, 6.07) is 15.7. The largest absolute Gasteiger partial charge is 0.301 e. The number of benzene rings is 2. The molecule has 0 saturated carbocycles. The summed E-state index contributed by atoms with van der Waals surface area (Å²) in [5.41, 5.74) is 7.59. The quantitative estimate of drug-likeness (QED) is 0.756. The van der Waals surface area contributed by atoms with Crippen molar-refractivity contribution >= 4 is 33.8 Å². The van der Waals surface area contributed by atoms with Crippen LogP contribution in [0.3, 0.4) is 0 Å². The summed E-state index contributed by atoms with van der Waals surface area (Å²) in [4.78, 5) is 0.0905. The van der Waals surface area contributed by atoms with E-state index in [-0.39, 0.29) is 17.3 Å². The Kier molecular flexibility index (Phi) is 5.17. The summed E-state index contributed by atoms with van der Waals surface area (Å²) in [5, 5.41) is 5.01. The number of nitrogens with two attached hydrogens (primary N) is 1. The second-order valence-electron chi connectivity index (χ2n) is 3.69. The van der Waals surface area contributed by atoms with Crippen LogP contribution >= 0.6 is 12.4 Å². The van der Waals surface area contributed by atoms with Crippen molar-refractivity contribution < 1.29 is 8.42 Å². The Hall–Kier alpha value is -1.76. The van der Waals surface area contributed by atoms with Gasteiger partial charge in [0.25, 0.3) is 0 Å². The first kappa shape index (κ1) is 15.3. The zero-order valence-corrected chi connectivity index (χ0v) is 11.5. The summed E-state index contributed by atoms with van der Waals surface area (Å²) in [6.45, 7) is 0. The monoisotopic (exact) mass is 299 g/mol. The van der Waals surface area contributed by atoms with E-state index >= 15 is 0 Å². The molecular formula is C12H14ClN3O2S. The summed E-state index contributed by atoms with van der Waals surface area (Å²) < 4.78 is 22.1. The standard InChI is InChI=1S/C12H13N3O2S.ClH/c13-18(16,17)12-8-6-11(7-9-12)15-14-10-4-2-1-3-5-10;/h1-9,14-15H,(H2,13,16,17);1H. The van der Waals surface area contributed by atoms with Gasteiger partial charge in [0.05, 0.1) is 16.3 Å². The molecular weight excluding hydrogens is 286 g/mol.